The summed E-state index contributed by atoms with van der Waals surface area (Å²) in [5.41, 5.74) is 8.71. The van der Waals surface area contributed by atoms with Gasteiger partial charge in [0.05, 0.1) is 6.33 Å². The highest BCUT2D eigenvalue weighted by molar-refractivity contribution is 6.35. The number of nitrogens with two attached hydrogens (primary N) is 1. The maximum absolute atomic E-state index is 6.38. The minimum Gasteiger partial charge on any atom is -0.364 e. The van der Waals surface area contributed by atoms with E-state index < -0.39 is 0 Å². The number of nitrogens with one attached hydrogen (secondary N) is 2. The molecule has 1 aromatic carbocycles. The second-order valence-electron chi connectivity index (χ2n) is 9.00. The van der Waals surface area contributed by atoms with Gasteiger partial charge in [0.1, 0.15) is 0 Å². The summed E-state index contributed by atoms with van der Waals surface area (Å²) in [6, 6.07) is 6.63. The zero-order chi connectivity index (χ0) is 22.1. The maximum atomic E-state index is 6.38. The van der Waals surface area contributed by atoms with Crippen LogP contribution in [0.3, 0.4) is 0 Å². The summed E-state index contributed by atoms with van der Waals surface area (Å²) < 4.78 is 2.23. The van der Waals surface area contributed by atoms with Crippen LogP contribution in [0.25, 0.3) is 11.2 Å². The van der Waals surface area contributed by atoms with E-state index in [4.69, 9.17) is 38.9 Å². The lowest BCUT2D eigenvalue weighted by atomic mass is 9.92. The van der Waals surface area contributed by atoms with Gasteiger partial charge in [-0.3, -0.25) is 0 Å². The van der Waals surface area contributed by atoms with E-state index in [1.54, 1.807) is 6.07 Å². The number of hydrogen-bond acceptors (Lipinski definition) is 6. The lowest BCUT2D eigenvalue weighted by Gasteiger charge is -2.27. The summed E-state index contributed by atoms with van der Waals surface area (Å²) in [5, 5.41) is 8.25. The van der Waals surface area contributed by atoms with E-state index in [0.29, 0.717) is 46.5 Å². The number of halogens is 2. The van der Waals surface area contributed by atoms with Crippen LogP contribution < -0.4 is 16.4 Å². The summed E-state index contributed by atoms with van der Waals surface area (Å²) >= 11 is 12.4. The average molecular weight is 474 g/mol. The van der Waals surface area contributed by atoms with Crippen molar-refractivity contribution in [2.75, 3.05) is 10.6 Å². The topological polar surface area (TPSA) is 93.7 Å². The lowest BCUT2D eigenvalue weighted by Crippen LogP contribution is -2.33. The number of rotatable bonds is 6. The summed E-state index contributed by atoms with van der Waals surface area (Å²) in [6.07, 6.45) is 10.9. The molecule has 0 amide bonds. The summed E-state index contributed by atoms with van der Waals surface area (Å²) in [5.74, 6) is 1.36. The van der Waals surface area contributed by atoms with E-state index in [9.17, 15) is 0 Å². The van der Waals surface area contributed by atoms with E-state index in [2.05, 4.69) is 20.2 Å². The van der Waals surface area contributed by atoms with Crippen molar-refractivity contribution in [1.82, 2.24) is 19.5 Å². The molecule has 2 heterocycles. The molecule has 0 atom stereocenters. The highest BCUT2D eigenvalue weighted by Gasteiger charge is 2.24. The van der Waals surface area contributed by atoms with E-state index in [0.717, 1.165) is 42.4 Å². The number of benzene rings is 1. The highest BCUT2D eigenvalue weighted by atomic mass is 35.5. The number of fused-ring (bicyclic) bond motifs is 1. The zero-order valence-electron chi connectivity index (χ0n) is 18.0. The second-order valence-corrected chi connectivity index (χ2v) is 9.85. The smallest absolute Gasteiger partial charge is 0.227 e. The van der Waals surface area contributed by atoms with Gasteiger partial charge in [0.25, 0.3) is 0 Å². The van der Waals surface area contributed by atoms with Gasteiger partial charge in [-0.2, -0.15) is 9.97 Å². The second kappa shape index (κ2) is 9.41. The van der Waals surface area contributed by atoms with Crippen molar-refractivity contribution >= 4 is 46.1 Å². The largest absolute Gasteiger partial charge is 0.364 e. The molecule has 2 aliphatic rings. The molecule has 7 nitrogen and oxygen atoms in total. The molecule has 4 N–H and O–H groups in total. The SMILES string of the molecule is NC1CCC(Nc2nc(NCc3ccc(Cl)cc3Cl)c3ncn(C4CCCC4)c3n2)CC1. The minimum absolute atomic E-state index is 0.307. The van der Waals surface area contributed by atoms with Crippen molar-refractivity contribution in [2.45, 2.75) is 76.0 Å². The molecule has 9 heteroatoms. The molecule has 2 aliphatic carbocycles. The van der Waals surface area contributed by atoms with Gasteiger partial charge in [0.2, 0.25) is 5.95 Å². The quantitative estimate of drug-likeness (QED) is 0.434. The predicted molar refractivity (Wildman–Crippen MR) is 130 cm³/mol. The monoisotopic (exact) mass is 473 g/mol. The Balaban J connectivity index is 1.45. The standard InChI is InChI=1S/C23H29Cl2N7/c24-15-6-5-14(19(25)11-15)12-27-21-20-22(32(13-28-20)18-3-1-2-4-18)31-23(30-21)29-17-9-7-16(26)8-10-17/h5-6,11,13,16-18H,1-4,7-10,12,26H2,(H2,27,29,30,31). The first-order valence-electron chi connectivity index (χ1n) is 11.5. The molecule has 5 rings (SSSR count). The lowest BCUT2D eigenvalue weighted by molar-refractivity contribution is 0.410. The van der Waals surface area contributed by atoms with Gasteiger partial charge in [0.15, 0.2) is 17.0 Å². The maximum Gasteiger partial charge on any atom is 0.227 e. The molecule has 0 spiro atoms. The van der Waals surface area contributed by atoms with Gasteiger partial charge in [-0.1, -0.05) is 42.1 Å². The molecule has 2 fully saturated rings. The van der Waals surface area contributed by atoms with Crippen molar-refractivity contribution in [3.05, 3.63) is 40.1 Å². The molecule has 0 aliphatic heterocycles. The van der Waals surface area contributed by atoms with E-state index in [-0.39, 0.29) is 0 Å². The van der Waals surface area contributed by atoms with Crippen LogP contribution in [0, 0.1) is 0 Å². The first-order valence-corrected chi connectivity index (χ1v) is 12.3. The van der Waals surface area contributed by atoms with Gasteiger partial charge < -0.3 is 20.9 Å². The molecule has 0 saturated heterocycles. The molecule has 32 heavy (non-hydrogen) atoms. The summed E-state index contributed by atoms with van der Waals surface area (Å²) in [4.78, 5) is 14.4. The average Bonchev–Trinajstić information content (AvgIpc) is 3.44. The van der Waals surface area contributed by atoms with Gasteiger partial charge >= 0.3 is 0 Å². The molecular formula is C23H29Cl2N7. The van der Waals surface area contributed by atoms with Gasteiger partial charge in [-0.15, -0.1) is 0 Å². The van der Waals surface area contributed by atoms with Crippen LogP contribution in [0.4, 0.5) is 11.8 Å². The zero-order valence-corrected chi connectivity index (χ0v) is 19.5. The number of aromatic nitrogens is 4. The van der Waals surface area contributed by atoms with Crippen molar-refractivity contribution in [3.8, 4) is 0 Å². The molecule has 0 radical (unpaired) electrons. The molecule has 0 bridgehead atoms. The first-order chi connectivity index (χ1) is 15.6. The molecular weight excluding hydrogens is 445 g/mol. The third-order valence-corrected chi connectivity index (χ3v) is 7.29. The van der Waals surface area contributed by atoms with E-state index >= 15 is 0 Å². The Bertz CT molecular complexity index is 1090. The van der Waals surface area contributed by atoms with Crippen molar-refractivity contribution in [2.24, 2.45) is 5.73 Å². The Morgan fingerprint density at radius 2 is 1.81 bits per heavy atom. The van der Waals surface area contributed by atoms with E-state index in [1.807, 2.05) is 18.5 Å². The fraction of sp³-hybridized carbons (Fsp3) is 0.522. The Hall–Kier alpha value is -2.09. The number of imidazole rings is 1. The highest BCUT2D eigenvalue weighted by Crippen LogP contribution is 2.33. The molecule has 170 valence electrons. The normalized spacial score (nSPS) is 21.8. The van der Waals surface area contributed by atoms with Gasteiger partial charge in [-0.25, -0.2) is 4.98 Å². The predicted octanol–water partition coefficient (Wildman–Crippen LogP) is 5.54. The Labute approximate surface area is 198 Å². The van der Waals surface area contributed by atoms with Crippen LogP contribution in [0.2, 0.25) is 10.0 Å². The van der Waals surface area contributed by atoms with Crippen molar-refractivity contribution in [3.63, 3.8) is 0 Å². The van der Waals surface area contributed by atoms with Crippen molar-refractivity contribution in [1.29, 1.82) is 0 Å². The van der Waals surface area contributed by atoms with Crippen LogP contribution >= 0.6 is 23.2 Å². The number of hydrogen-bond donors (Lipinski definition) is 3. The van der Waals surface area contributed by atoms with Crippen LogP contribution in [0.15, 0.2) is 24.5 Å². The number of anilines is 2. The van der Waals surface area contributed by atoms with Crippen LogP contribution in [-0.2, 0) is 6.54 Å². The van der Waals surface area contributed by atoms with Crippen LogP contribution in [0.1, 0.15) is 63.0 Å². The Morgan fingerprint density at radius 1 is 1.03 bits per heavy atom. The Kier molecular flexibility index (Phi) is 6.40. The van der Waals surface area contributed by atoms with Gasteiger partial charge in [-0.05, 0) is 56.2 Å². The van der Waals surface area contributed by atoms with Crippen LogP contribution in [-0.4, -0.2) is 31.6 Å². The van der Waals surface area contributed by atoms with Crippen molar-refractivity contribution < 1.29 is 0 Å². The first kappa shape index (κ1) is 21.7. The molecule has 0 unspecified atom stereocenters. The fourth-order valence-corrected chi connectivity index (χ4v) is 5.32. The molecule has 2 saturated carbocycles. The summed E-state index contributed by atoms with van der Waals surface area (Å²) in [6.45, 7) is 0.524. The molecule has 2 aromatic heterocycles. The van der Waals surface area contributed by atoms with E-state index in [1.165, 1.54) is 25.7 Å². The fourth-order valence-electron chi connectivity index (χ4n) is 4.84. The van der Waals surface area contributed by atoms with Gasteiger partial charge in [0, 0.05) is 34.7 Å². The third kappa shape index (κ3) is 4.65. The Morgan fingerprint density at radius 3 is 2.56 bits per heavy atom. The minimum atomic E-state index is 0.307. The number of nitrogens with zero attached hydrogens (tertiary/aromatic N) is 4. The van der Waals surface area contributed by atoms with Crippen LogP contribution in [0.5, 0.6) is 0 Å². The third-order valence-electron chi connectivity index (χ3n) is 6.71. The summed E-state index contributed by atoms with van der Waals surface area (Å²) in [7, 11) is 0. The molecule has 3 aromatic rings.